The second-order valence-corrected chi connectivity index (χ2v) is 6.94. The molecule has 2 aromatic carbocycles. The van der Waals surface area contributed by atoms with Crippen LogP contribution in [0.15, 0.2) is 54.6 Å². The predicted molar refractivity (Wildman–Crippen MR) is 105 cm³/mol. The van der Waals surface area contributed by atoms with E-state index in [1.54, 1.807) is 6.07 Å². The zero-order valence-electron chi connectivity index (χ0n) is 14.4. The number of para-hydroxylation sites is 1. The van der Waals surface area contributed by atoms with Gasteiger partial charge in [-0.2, -0.15) is 5.26 Å². The minimum atomic E-state index is 0.521. The zero-order chi connectivity index (χ0) is 17.9. The van der Waals surface area contributed by atoms with Gasteiger partial charge in [0.25, 0.3) is 0 Å². The Bertz CT molecular complexity index is 971. The molecule has 0 radical (unpaired) electrons. The van der Waals surface area contributed by atoms with Crippen LogP contribution in [0.5, 0.6) is 0 Å². The van der Waals surface area contributed by atoms with Gasteiger partial charge in [0.15, 0.2) is 0 Å². The van der Waals surface area contributed by atoms with E-state index in [9.17, 15) is 0 Å². The van der Waals surface area contributed by atoms with Crippen LogP contribution in [0.3, 0.4) is 0 Å². The molecular weight excluding hydrogens is 344 g/mol. The maximum Gasteiger partial charge on any atom is 0.101 e. The smallest absolute Gasteiger partial charge is 0.101 e. The molecule has 0 N–H and O–H groups in total. The van der Waals surface area contributed by atoms with Crippen LogP contribution in [0.2, 0.25) is 5.02 Å². The molecule has 0 atom stereocenters. The highest BCUT2D eigenvalue weighted by atomic mass is 35.5. The van der Waals surface area contributed by atoms with Gasteiger partial charge in [-0.25, -0.2) is 0 Å². The van der Waals surface area contributed by atoms with E-state index in [1.807, 2.05) is 24.3 Å². The maximum atomic E-state index is 9.00. The van der Waals surface area contributed by atoms with E-state index in [0.29, 0.717) is 10.6 Å². The number of pyridine rings is 1. The van der Waals surface area contributed by atoms with Crippen molar-refractivity contribution in [3.8, 4) is 6.07 Å². The number of benzene rings is 2. The van der Waals surface area contributed by atoms with Crippen LogP contribution >= 0.6 is 11.6 Å². The van der Waals surface area contributed by atoms with Crippen LogP contribution < -0.4 is 4.90 Å². The molecular formula is C21H19ClN4. The summed E-state index contributed by atoms with van der Waals surface area (Å²) in [6.07, 6.45) is 0. The Balaban J connectivity index is 1.40. The van der Waals surface area contributed by atoms with E-state index in [-0.39, 0.29) is 0 Å². The molecule has 0 unspecified atom stereocenters. The first-order chi connectivity index (χ1) is 12.7. The van der Waals surface area contributed by atoms with Crippen molar-refractivity contribution in [1.29, 1.82) is 5.26 Å². The fourth-order valence-electron chi connectivity index (χ4n) is 3.38. The average molecular weight is 363 g/mol. The van der Waals surface area contributed by atoms with Gasteiger partial charge in [-0.1, -0.05) is 35.9 Å². The van der Waals surface area contributed by atoms with Crippen LogP contribution in [0.1, 0.15) is 11.3 Å². The van der Waals surface area contributed by atoms with Crippen molar-refractivity contribution < 1.29 is 0 Å². The molecule has 1 saturated heterocycles. The number of hydrogen-bond donors (Lipinski definition) is 0. The molecule has 0 bridgehead atoms. The van der Waals surface area contributed by atoms with E-state index >= 15 is 0 Å². The predicted octanol–water partition coefficient (Wildman–Crippen LogP) is 4.08. The summed E-state index contributed by atoms with van der Waals surface area (Å²) in [6, 6.07) is 20.3. The number of halogens is 1. The largest absolute Gasteiger partial charge is 0.369 e. The van der Waals surface area contributed by atoms with E-state index in [0.717, 1.165) is 49.6 Å². The van der Waals surface area contributed by atoms with Gasteiger partial charge in [0.2, 0.25) is 0 Å². The second-order valence-electron chi connectivity index (χ2n) is 6.53. The SMILES string of the molecule is N#Cc1ccc(N2CCN(Cc3ccc4ccccc4n3)CC2)cc1Cl. The summed E-state index contributed by atoms with van der Waals surface area (Å²) < 4.78 is 0. The molecule has 3 aromatic rings. The fraction of sp³-hybridized carbons (Fsp3) is 0.238. The van der Waals surface area contributed by atoms with Crippen molar-refractivity contribution in [2.24, 2.45) is 0 Å². The highest BCUT2D eigenvalue weighted by Crippen LogP contribution is 2.24. The number of piperazine rings is 1. The summed E-state index contributed by atoms with van der Waals surface area (Å²) >= 11 is 6.16. The minimum absolute atomic E-state index is 0.521. The van der Waals surface area contributed by atoms with Gasteiger partial charge in [0.1, 0.15) is 6.07 Å². The number of nitriles is 1. The Hall–Kier alpha value is -2.61. The fourth-order valence-corrected chi connectivity index (χ4v) is 3.60. The van der Waals surface area contributed by atoms with Crippen molar-refractivity contribution in [3.63, 3.8) is 0 Å². The molecule has 0 saturated carbocycles. The molecule has 1 aromatic heterocycles. The summed E-state index contributed by atoms with van der Waals surface area (Å²) in [7, 11) is 0. The molecule has 130 valence electrons. The summed E-state index contributed by atoms with van der Waals surface area (Å²) in [4.78, 5) is 9.52. The lowest BCUT2D eigenvalue weighted by Crippen LogP contribution is -2.46. The van der Waals surface area contributed by atoms with Crippen molar-refractivity contribution in [3.05, 3.63) is 70.9 Å². The van der Waals surface area contributed by atoms with Gasteiger partial charge >= 0.3 is 0 Å². The molecule has 0 amide bonds. The lowest BCUT2D eigenvalue weighted by Gasteiger charge is -2.36. The van der Waals surface area contributed by atoms with E-state index in [4.69, 9.17) is 21.8 Å². The first-order valence-electron chi connectivity index (χ1n) is 8.74. The minimum Gasteiger partial charge on any atom is -0.369 e. The van der Waals surface area contributed by atoms with E-state index < -0.39 is 0 Å². The Kier molecular flexibility index (Phi) is 4.75. The normalized spacial score (nSPS) is 15.2. The molecule has 1 aliphatic heterocycles. The summed E-state index contributed by atoms with van der Waals surface area (Å²) in [5.41, 5.74) is 3.77. The summed E-state index contributed by atoms with van der Waals surface area (Å²) in [5.74, 6) is 0. The van der Waals surface area contributed by atoms with Gasteiger partial charge < -0.3 is 4.90 Å². The van der Waals surface area contributed by atoms with Crippen LogP contribution in [0.4, 0.5) is 5.69 Å². The summed E-state index contributed by atoms with van der Waals surface area (Å²) in [6.45, 7) is 4.71. The molecule has 2 heterocycles. The van der Waals surface area contributed by atoms with Gasteiger partial charge in [-0.15, -0.1) is 0 Å². The molecule has 26 heavy (non-hydrogen) atoms. The molecule has 4 nitrogen and oxygen atoms in total. The molecule has 1 aliphatic rings. The highest BCUT2D eigenvalue weighted by molar-refractivity contribution is 6.32. The topological polar surface area (TPSA) is 43.2 Å². The monoisotopic (exact) mass is 362 g/mol. The quantitative estimate of drug-likeness (QED) is 0.704. The summed E-state index contributed by atoms with van der Waals surface area (Å²) in [5, 5.41) is 10.7. The first kappa shape index (κ1) is 16.8. The zero-order valence-corrected chi connectivity index (χ0v) is 15.2. The second kappa shape index (κ2) is 7.33. The molecule has 0 spiro atoms. The van der Waals surface area contributed by atoms with Gasteiger partial charge in [-0.3, -0.25) is 9.88 Å². The van der Waals surface area contributed by atoms with Crippen molar-refractivity contribution in [2.45, 2.75) is 6.54 Å². The number of rotatable bonds is 3. The van der Waals surface area contributed by atoms with Crippen molar-refractivity contribution in [1.82, 2.24) is 9.88 Å². The highest BCUT2D eigenvalue weighted by Gasteiger charge is 2.18. The van der Waals surface area contributed by atoms with E-state index in [2.05, 4.69) is 40.1 Å². The standard InChI is InChI=1S/C21H19ClN4/c22-20-13-19(8-6-17(20)14-23)26-11-9-25(10-12-26)15-18-7-5-16-3-1-2-4-21(16)24-18/h1-8,13H,9-12,15H2. The number of aromatic nitrogens is 1. The third-order valence-corrected chi connectivity index (χ3v) is 5.16. The van der Waals surface area contributed by atoms with Crippen molar-refractivity contribution >= 4 is 28.2 Å². The Morgan fingerprint density at radius 1 is 1.00 bits per heavy atom. The molecule has 5 heteroatoms. The molecule has 0 aliphatic carbocycles. The van der Waals surface area contributed by atoms with Crippen LogP contribution in [-0.4, -0.2) is 36.1 Å². The third-order valence-electron chi connectivity index (χ3n) is 4.85. The lowest BCUT2D eigenvalue weighted by molar-refractivity contribution is 0.247. The van der Waals surface area contributed by atoms with Gasteiger partial charge in [0.05, 0.1) is 21.8 Å². The molecule has 4 rings (SSSR count). The van der Waals surface area contributed by atoms with Gasteiger partial charge in [-0.05, 0) is 30.3 Å². The lowest BCUT2D eigenvalue weighted by atomic mass is 10.1. The number of nitrogens with zero attached hydrogens (tertiary/aromatic N) is 4. The average Bonchev–Trinajstić information content (AvgIpc) is 2.68. The van der Waals surface area contributed by atoms with Crippen LogP contribution in [0, 0.1) is 11.3 Å². The van der Waals surface area contributed by atoms with Crippen LogP contribution in [-0.2, 0) is 6.54 Å². The van der Waals surface area contributed by atoms with Crippen LogP contribution in [0.25, 0.3) is 10.9 Å². The number of hydrogen-bond acceptors (Lipinski definition) is 4. The Morgan fingerprint density at radius 3 is 2.58 bits per heavy atom. The van der Waals surface area contributed by atoms with E-state index in [1.165, 1.54) is 5.39 Å². The maximum absolute atomic E-state index is 9.00. The van der Waals surface area contributed by atoms with Gasteiger partial charge in [0, 0.05) is 43.8 Å². The Labute approximate surface area is 158 Å². The van der Waals surface area contributed by atoms with Crippen molar-refractivity contribution in [2.75, 3.05) is 31.1 Å². The number of anilines is 1. The third kappa shape index (κ3) is 3.50. The Morgan fingerprint density at radius 2 is 1.81 bits per heavy atom. The number of fused-ring (bicyclic) bond motifs is 1. The molecule has 1 fully saturated rings. The first-order valence-corrected chi connectivity index (χ1v) is 9.12.